The minimum Gasteiger partial charge on any atom is -0.206 e. The number of halogens is 1. The Hall–Kier alpha value is -1.77. The van der Waals surface area contributed by atoms with Crippen LogP contribution in [0.2, 0.25) is 0 Å². The third-order valence-corrected chi connectivity index (χ3v) is 6.63. The summed E-state index contributed by atoms with van der Waals surface area (Å²) in [6.45, 7) is 9.31. The summed E-state index contributed by atoms with van der Waals surface area (Å²) in [5.41, 5.74) is 3.83. The van der Waals surface area contributed by atoms with E-state index < -0.39 is 0 Å². The lowest BCUT2D eigenvalue weighted by Gasteiger charge is -2.37. The zero-order valence-corrected chi connectivity index (χ0v) is 13.5. The highest BCUT2D eigenvalue weighted by molar-refractivity contribution is 5.62. The van der Waals surface area contributed by atoms with Gasteiger partial charge in [0.1, 0.15) is 5.82 Å². The van der Waals surface area contributed by atoms with Gasteiger partial charge in [0.15, 0.2) is 0 Å². The normalized spacial score (nSPS) is 31.3. The van der Waals surface area contributed by atoms with Crippen LogP contribution in [0.4, 0.5) is 4.39 Å². The van der Waals surface area contributed by atoms with Crippen LogP contribution in [0, 0.1) is 17.2 Å². The van der Waals surface area contributed by atoms with Gasteiger partial charge in [0.2, 0.25) is 0 Å². The van der Waals surface area contributed by atoms with Crippen molar-refractivity contribution in [3.8, 4) is 11.3 Å². The Morgan fingerprint density at radius 1 is 1.14 bits per heavy atom. The first-order valence-electron chi connectivity index (χ1n) is 8.00. The summed E-state index contributed by atoms with van der Waals surface area (Å²) in [7, 11) is 0. The number of nitrogens with zero attached hydrogens (tertiary/aromatic N) is 2. The van der Waals surface area contributed by atoms with Crippen LogP contribution >= 0.6 is 0 Å². The third kappa shape index (κ3) is 1.44. The molecule has 0 unspecified atom stereocenters. The fourth-order valence-corrected chi connectivity index (χ4v) is 4.81. The lowest BCUT2D eigenvalue weighted by atomic mass is 9.66. The van der Waals surface area contributed by atoms with E-state index in [1.807, 2.05) is 6.07 Å². The highest BCUT2D eigenvalue weighted by Crippen LogP contribution is 2.69. The molecule has 114 valence electrons. The first kappa shape index (κ1) is 13.9. The van der Waals surface area contributed by atoms with Crippen LogP contribution in [-0.4, -0.2) is 10.2 Å². The highest BCUT2D eigenvalue weighted by atomic mass is 19.1. The molecule has 1 aromatic carbocycles. The average molecular weight is 296 g/mol. The van der Waals surface area contributed by atoms with Gasteiger partial charge in [-0.25, -0.2) is 4.39 Å². The average Bonchev–Trinajstić information content (AvgIpc) is 2.77. The first-order chi connectivity index (χ1) is 10.4. The zero-order valence-electron chi connectivity index (χ0n) is 13.5. The topological polar surface area (TPSA) is 25.8 Å². The maximum atomic E-state index is 14.0. The van der Waals surface area contributed by atoms with Crippen molar-refractivity contribution in [1.29, 1.82) is 0 Å². The van der Waals surface area contributed by atoms with Crippen molar-refractivity contribution >= 4 is 0 Å². The molecular formula is C19H21FN2. The van der Waals surface area contributed by atoms with Crippen LogP contribution in [0.3, 0.4) is 0 Å². The predicted molar refractivity (Wildman–Crippen MR) is 85.1 cm³/mol. The Kier molecular flexibility index (Phi) is 2.62. The highest BCUT2D eigenvalue weighted by Gasteiger charge is 2.64. The molecule has 1 heterocycles. The quantitative estimate of drug-likeness (QED) is 0.762. The minimum absolute atomic E-state index is 0.0633. The van der Waals surface area contributed by atoms with Crippen molar-refractivity contribution in [3.05, 3.63) is 47.4 Å². The molecule has 2 nitrogen and oxygen atoms in total. The van der Waals surface area contributed by atoms with Gasteiger partial charge in [0.05, 0.1) is 11.4 Å². The van der Waals surface area contributed by atoms with E-state index in [0.717, 1.165) is 5.69 Å². The number of aromatic nitrogens is 2. The van der Waals surface area contributed by atoms with Gasteiger partial charge in [-0.1, -0.05) is 39.8 Å². The summed E-state index contributed by atoms with van der Waals surface area (Å²) in [6.07, 6.45) is 1.18. The molecule has 0 radical (unpaired) electrons. The molecule has 4 rings (SSSR count). The Morgan fingerprint density at radius 3 is 2.59 bits per heavy atom. The van der Waals surface area contributed by atoms with E-state index >= 15 is 0 Å². The van der Waals surface area contributed by atoms with Crippen molar-refractivity contribution in [2.75, 3.05) is 0 Å². The fourth-order valence-electron chi connectivity index (χ4n) is 4.81. The largest absolute Gasteiger partial charge is 0.206 e. The number of fused-ring (bicyclic) bond motifs is 5. The van der Waals surface area contributed by atoms with Gasteiger partial charge < -0.3 is 0 Å². The number of rotatable bonds is 1. The molecule has 0 saturated heterocycles. The summed E-state index contributed by atoms with van der Waals surface area (Å²) >= 11 is 0. The molecule has 1 fully saturated rings. The number of hydrogen-bond donors (Lipinski definition) is 0. The summed E-state index contributed by atoms with van der Waals surface area (Å²) < 4.78 is 14.0. The molecular weight excluding hydrogens is 275 g/mol. The van der Waals surface area contributed by atoms with Gasteiger partial charge in [-0.2, -0.15) is 10.2 Å². The first-order valence-corrected chi connectivity index (χ1v) is 8.00. The molecule has 1 saturated carbocycles. The van der Waals surface area contributed by atoms with Crippen LogP contribution in [0.1, 0.15) is 51.3 Å². The molecule has 0 aliphatic heterocycles. The molecule has 0 spiro atoms. The monoisotopic (exact) mass is 296 g/mol. The Bertz CT molecular complexity index is 768. The van der Waals surface area contributed by atoms with Crippen LogP contribution in [0.15, 0.2) is 30.3 Å². The van der Waals surface area contributed by atoms with E-state index in [1.165, 1.54) is 18.1 Å². The maximum absolute atomic E-state index is 14.0. The summed E-state index contributed by atoms with van der Waals surface area (Å²) in [5, 5.41) is 8.92. The van der Waals surface area contributed by atoms with Gasteiger partial charge in [0, 0.05) is 11.0 Å². The zero-order chi connectivity index (χ0) is 15.7. The predicted octanol–water partition coefficient (Wildman–Crippen LogP) is 4.70. The van der Waals surface area contributed by atoms with Crippen molar-refractivity contribution in [2.24, 2.45) is 11.3 Å². The molecule has 2 aliphatic rings. The Labute approximate surface area is 130 Å². The van der Waals surface area contributed by atoms with E-state index in [2.05, 4.69) is 44.0 Å². The van der Waals surface area contributed by atoms with Crippen molar-refractivity contribution in [3.63, 3.8) is 0 Å². The van der Waals surface area contributed by atoms with E-state index in [4.69, 9.17) is 0 Å². The van der Waals surface area contributed by atoms with Crippen LogP contribution < -0.4 is 0 Å². The molecule has 22 heavy (non-hydrogen) atoms. The standard InChI is InChI=1S/C19H21FN2/c1-11-9-14-13-10-16(12-7-5-6-8-15(12)20)21-22-17(13)19(11,4)18(14,2)3/h5-8,10-11,14H,9H2,1-4H3/t11-,14+,19-/m0/s1. The van der Waals surface area contributed by atoms with E-state index in [-0.39, 0.29) is 16.6 Å². The third-order valence-electron chi connectivity index (χ3n) is 6.63. The van der Waals surface area contributed by atoms with Crippen LogP contribution in [0.25, 0.3) is 11.3 Å². The molecule has 3 atom stereocenters. The van der Waals surface area contributed by atoms with Crippen LogP contribution in [-0.2, 0) is 5.41 Å². The molecule has 1 aromatic heterocycles. The molecule has 2 bridgehead atoms. The van der Waals surface area contributed by atoms with E-state index in [0.29, 0.717) is 23.1 Å². The van der Waals surface area contributed by atoms with Crippen molar-refractivity contribution < 1.29 is 4.39 Å². The van der Waals surface area contributed by atoms with Crippen LogP contribution in [0.5, 0.6) is 0 Å². The van der Waals surface area contributed by atoms with Gasteiger partial charge >= 0.3 is 0 Å². The van der Waals surface area contributed by atoms with Gasteiger partial charge in [0.25, 0.3) is 0 Å². The molecule has 3 heteroatoms. The lowest BCUT2D eigenvalue weighted by molar-refractivity contribution is 0.192. The maximum Gasteiger partial charge on any atom is 0.132 e. The van der Waals surface area contributed by atoms with Gasteiger partial charge in [-0.05, 0) is 47.4 Å². The number of benzene rings is 1. The SMILES string of the molecule is C[C@H]1C[C@@H]2c3cc(-c4ccccc4F)nnc3[C@@]1(C)C2(C)C. The fraction of sp³-hybridized carbons (Fsp3) is 0.474. The molecule has 0 N–H and O–H groups in total. The smallest absolute Gasteiger partial charge is 0.132 e. The molecule has 2 aromatic rings. The second-order valence-corrected chi connectivity index (χ2v) is 7.63. The van der Waals surface area contributed by atoms with Crippen molar-refractivity contribution in [1.82, 2.24) is 10.2 Å². The Morgan fingerprint density at radius 2 is 1.86 bits per heavy atom. The summed E-state index contributed by atoms with van der Waals surface area (Å²) in [5.74, 6) is 0.857. The van der Waals surface area contributed by atoms with Crippen molar-refractivity contribution in [2.45, 2.75) is 45.4 Å². The van der Waals surface area contributed by atoms with Gasteiger partial charge in [-0.15, -0.1) is 0 Å². The minimum atomic E-state index is -0.237. The second kappa shape index (κ2) is 4.15. The lowest BCUT2D eigenvalue weighted by Crippen LogP contribution is -2.37. The summed E-state index contributed by atoms with van der Waals surface area (Å²) in [4.78, 5) is 0. The van der Waals surface area contributed by atoms with E-state index in [9.17, 15) is 4.39 Å². The molecule has 0 amide bonds. The van der Waals surface area contributed by atoms with E-state index in [1.54, 1.807) is 12.1 Å². The Balaban J connectivity index is 1.90. The summed E-state index contributed by atoms with van der Waals surface area (Å²) in [6, 6.07) is 8.86. The number of hydrogen-bond acceptors (Lipinski definition) is 2. The second-order valence-electron chi connectivity index (χ2n) is 7.63. The van der Waals surface area contributed by atoms with Gasteiger partial charge in [-0.3, -0.25) is 0 Å². The molecule has 2 aliphatic carbocycles.